The first-order chi connectivity index (χ1) is 11.3. The summed E-state index contributed by atoms with van der Waals surface area (Å²) in [4.78, 5) is 15.1. The molecule has 24 heavy (non-hydrogen) atoms. The summed E-state index contributed by atoms with van der Waals surface area (Å²) >= 11 is 0. The fraction of sp³-hybridized carbons (Fsp3) is 0. The van der Waals surface area contributed by atoms with E-state index < -0.39 is 31.9 Å². The topological polar surface area (TPSA) is 134 Å². The van der Waals surface area contributed by atoms with Crippen molar-refractivity contribution < 1.29 is 33.2 Å². The van der Waals surface area contributed by atoms with E-state index in [1.807, 2.05) is 0 Å². The third kappa shape index (κ3) is 2.55. The normalized spacial score (nSPS) is 11.5. The van der Waals surface area contributed by atoms with Crippen LogP contribution < -0.4 is 10.5 Å². The third-order valence-electron chi connectivity index (χ3n) is 3.33. The van der Waals surface area contributed by atoms with E-state index in [0.717, 1.165) is 24.3 Å². The molecule has 0 saturated heterocycles. The van der Waals surface area contributed by atoms with Gasteiger partial charge >= 0.3 is 5.63 Å². The van der Waals surface area contributed by atoms with Gasteiger partial charge in [-0.25, -0.2) is 18.5 Å². The highest BCUT2D eigenvalue weighted by molar-refractivity contribution is 7.91. The average Bonchev–Trinajstić information content (AvgIpc) is 2.55. The number of rotatable bonds is 3. The minimum Gasteiger partial charge on any atom is -0.504 e. The van der Waals surface area contributed by atoms with Crippen molar-refractivity contribution in [3.8, 4) is 17.2 Å². The Labute approximate surface area is 134 Å². The molecule has 0 saturated carbocycles. The van der Waals surface area contributed by atoms with Crippen molar-refractivity contribution in [3.63, 3.8) is 0 Å². The summed E-state index contributed by atoms with van der Waals surface area (Å²) in [6.45, 7) is 0. The zero-order valence-corrected chi connectivity index (χ0v) is 12.6. The van der Waals surface area contributed by atoms with Crippen LogP contribution in [-0.4, -0.2) is 23.9 Å². The molecule has 3 rings (SSSR count). The van der Waals surface area contributed by atoms with Gasteiger partial charge in [0.2, 0.25) is 9.84 Å². The molecular weight excluding hydrogens is 340 g/mol. The Morgan fingerprint density at radius 1 is 0.958 bits per heavy atom. The number of hydrogen-bond acceptors (Lipinski definition) is 8. The summed E-state index contributed by atoms with van der Waals surface area (Å²) in [5.41, 5.74) is -1.09. The second-order valence-electron chi connectivity index (χ2n) is 4.84. The Kier molecular flexibility index (Phi) is 3.66. The molecule has 1 aromatic heterocycles. The van der Waals surface area contributed by atoms with Crippen molar-refractivity contribution in [1.82, 2.24) is 0 Å². The highest BCUT2D eigenvalue weighted by Gasteiger charge is 2.24. The van der Waals surface area contributed by atoms with E-state index in [9.17, 15) is 23.4 Å². The molecule has 0 aliphatic heterocycles. The smallest absolute Gasteiger partial charge is 0.355 e. The number of phenolic OH excluding ortho intramolecular Hbond substituents is 2. The molecule has 2 aromatic carbocycles. The fourth-order valence-corrected chi connectivity index (χ4v) is 3.43. The van der Waals surface area contributed by atoms with Gasteiger partial charge in [-0.15, -0.1) is 0 Å². The number of sulfone groups is 1. The number of fused-ring (bicyclic) bond motifs is 1. The fourth-order valence-electron chi connectivity index (χ4n) is 2.11. The molecule has 0 unspecified atom stereocenters. The van der Waals surface area contributed by atoms with Crippen molar-refractivity contribution in [2.24, 2.45) is 0 Å². The lowest BCUT2D eigenvalue weighted by molar-refractivity contribution is -0.137. The van der Waals surface area contributed by atoms with Gasteiger partial charge in [-0.2, -0.15) is 0 Å². The predicted molar refractivity (Wildman–Crippen MR) is 81.0 cm³/mol. The van der Waals surface area contributed by atoms with Crippen molar-refractivity contribution in [2.45, 2.75) is 9.79 Å². The van der Waals surface area contributed by atoms with Gasteiger partial charge in [0.15, 0.2) is 22.1 Å². The Hall–Kier alpha value is -3.04. The average molecular weight is 350 g/mol. The Balaban J connectivity index is 2.22. The lowest BCUT2D eigenvalue weighted by Crippen LogP contribution is -2.14. The van der Waals surface area contributed by atoms with E-state index in [0.29, 0.717) is 0 Å². The van der Waals surface area contributed by atoms with Crippen molar-refractivity contribution in [3.05, 3.63) is 52.9 Å². The van der Waals surface area contributed by atoms with Crippen LogP contribution >= 0.6 is 0 Å². The van der Waals surface area contributed by atoms with E-state index in [2.05, 4.69) is 4.89 Å². The maximum absolute atomic E-state index is 12.6. The largest absolute Gasteiger partial charge is 0.504 e. The van der Waals surface area contributed by atoms with E-state index >= 15 is 0 Å². The predicted octanol–water partition coefficient (Wildman–Crippen LogP) is 1.89. The van der Waals surface area contributed by atoms with Gasteiger partial charge in [0.25, 0.3) is 0 Å². The van der Waals surface area contributed by atoms with Crippen LogP contribution in [0.15, 0.2) is 61.5 Å². The molecule has 0 bridgehead atoms. The Morgan fingerprint density at radius 3 is 2.38 bits per heavy atom. The van der Waals surface area contributed by atoms with Gasteiger partial charge in [-0.3, -0.25) is 0 Å². The third-order valence-corrected chi connectivity index (χ3v) is 5.07. The standard InChI is InChI=1S/C15H10O8S/c16-11-4-3-10(7-12(11)17)24(20,21)14-5-8-1-2-9(23-19)6-13(8)22-15(14)18/h1-7,16-17,19H. The molecule has 9 heteroatoms. The van der Waals surface area contributed by atoms with Gasteiger partial charge < -0.3 is 19.5 Å². The van der Waals surface area contributed by atoms with Gasteiger partial charge in [0.05, 0.1) is 4.90 Å². The molecular formula is C15H10O8S. The van der Waals surface area contributed by atoms with Crippen LogP contribution in [0.25, 0.3) is 11.0 Å². The summed E-state index contributed by atoms with van der Waals surface area (Å²) in [6, 6.07) is 7.97. The van der Waals surface area contributed by atoms with Gasteiger partial charge in [0, 0.05) is 17.5 Å². The van der Waals surface area contributed by atoms with Crippen molar-refractivity contribution >= 4 is 20.8 Å². The van der Waals surface area contributed by atoms with E-state index in [4.69, 9.17) is 9.67 Å². The number of aromatic hydroxyl groups is 2. The van der Waals surface area contributed by atoms with Crippen LogP contribution in [0.5, 0.6) is 17.2 Å². The second-order valence-corrected chi connectivity index (χ2v) is 6.76. The molecule has 0 aliphatic rings. The maximum Gasteiger partial charge on any atom is 0.355 e. The molecule has 0 aliphatic carbocycles. The molecule has 0 amide bonds. The molecule has 0 fully saturated rings. The van der Waals surface area contributed by atoms with Crippen LogP contribution in [0.4, 0.5) is 0 Å². The number of benzene rings is 2. The maximum atomic E-state index is 12.6. The van der Waals surface area contributed by atoms with Crippen LogP contribution in [0.3, 0.4) is 0 Å². The molecule has 0 atom stereocenters. The van der Waals surface area contributed by atoms with Crippen LogP contribution in [0.1, 0.15) is 0 Å². The SMILES string of the molecule is O=c1oc2cc(OO)ccc2cc1S(=O)(=O)c1ccc(O)c(O)c1. The minimum atomic E-state index is -4.27. The Bertz CT molecular complexity index is 1100. The molecule has 124 valence electrons. The zero-order valence-electron chi connectivity index (χ0n) is 11.8. The summed E-state index contributed by atoms with van der Waals surface area (Å²) in [7, 11) is -4.27. The van der Waals surface area contributed by atoms with Crippen LogP contribution in [-0.2, 0) is 9.84 Å². The van der Waals surface area contributed by atoms with E-state index in [1.165, 1.54) is 18.2 Å². The first-order valence-electron chi connectivity index (χ1n) is 6.49. The molecule has 0 radical (unpaired) electrons. The quantitative estimate of drug-likeness (QED) is 0.282. The first kappa shape index (κ1) is 15.8. The van der Waals surface area contributed by atoms with Crippen LogP contribution in [0, 0.1) is 0 Å². The summed E-state index contributed by atoms with van der Waals surface area (Å²) in [5, 5.41) is 27.6. The summed E-state index contributed by atoms with van der Waals surface area (Å²) in [5.74, 6) is -1.10. The van der Waals surface area contributed by atoms with E-state index in [1.54, 1.807) is 0 Å². The van der Waals surface area contributed by atoms with E-state index in [-0.39, 0.29) is 21.6 Å². The summed E-state index contributed by atoms with van der Waals surface area (Å²) in [6.07, 6.45) is 0. The molecule has 8 nitrogen and oxygen atoms in total. The number of phenols is 2. The molecule has 3 aromatic rings. The first-order valence-corrected chi connectivity index (χ1v) is 7.97. The lowest BCUT2D eigenvalue weighted by atomic mass is 10.2. The molecule has 3 N–H and O–H groups in total. The molecule has 1 heterocycles. The Morgan fingerprint density at radius 2 is 1.71 bits per heavy atom. The number of hydrogen-bond donors (Lipinski definition) is 3. The zero-order chi connectivity index (χ0) is 17.5. The lowest BCUT2D eigenvalue weighted by Gasteiger charge is -2.06. The second kappa shape index (κ2) is 5.55. The highest BCUT2D eigenvalue weighted by atomic mass is 32.2. The highest BCUT2D eigenvalue weighted by Crippen LogP contribution is 2.30. The van der Waals surface area contributed by atoms with Crippen LogP contribution in [0.2, 0.25) is 0 Å². The van der Waals surface area contributed by atoms with Gasteiger partial charge in [-0.1, -0.05) is 0 Å². The molecule has 0 spiro atoms. The van der Waals surface area contributed by atoms with Crippen molar-refractivity contribution in [2.75, 3.05) is 0 Å². The van der Waals surface area contributed by atoms with Gasteiger partial charge in [-0.05, 0) is 30.3 Å². The minimum absolute atomic E-state index is 0.0183. The monoisotopic (exact) mass is 350 g/mol. The van der Waals surface area contributed by atoms with Gasteiger partial charge in [0.1, 0.15) is 5.58 Å². The summed E-state index contributed by atoms with van der Waals surface area (Å²) < 4.78 is 30.1. The van der Waals surface area contributed by atoms with Crippen molar-refractivity contribution in [1.29, 1.82) is 0 Å².